The van der Waals surface area contributed by atoms with Crippen molar-refractivity contribution in [2.24, 2.45) is 0 Å². The van der Waals surface area contributed by atoms with E-state index in [1.807, 2.05) is 0 Å². The summed E-state index contributed by atoms with van der Waals surface area (Å²) in [6.07, 6.45) is 18.3. The van der Waals surface area contributed by atoms with Crippen LogP contribution in [0.3, 0.4) is 0 Å². The first-order chi connectivity index (χ1) is 8.81. The summed E-state index contributed by atoms with van der Waals surface area (Å²) in [7, 11) is 0. The van der Waals surface area contributed by atoms with Crippen molar-refractivity contribution < 1.29 is 4.79 Å². The number of aldehydes is 1. The van der Waals surface area contributed by atoms with Crippen LogP contribution in [0.2, 0.25) is 0 Å². The molecule has 1 unspecified atom stereocenters. The fraction of sp³-hybridized carbons (Fsp3) is 0.938. The van der Waals surface area contributed by atoms with E-state index < -0.39 is 0 Å². The van der Waals surface area contributed by atoms with Gasteiger partial charge in [-0.3, -0.25) is 0 Å². The van der Waals surface area contributed by atoms with Crippen LogP contribution in [0.1, 0.15) is 90.4 Å². The summed E-state index contributed by atoms with van der Waals surface area (Å²) >= 11 is 4.17. The molecule has 0 saturated heterocycles. The topological polar surface area (TPSA) is 17.1 Å². The van der Waals surface area contributed by atoms with Crippen LogP contribution < -0.4 is 0 Å². The van der Waals surface area contributed by atoms with Crippen LogP contribution >= 0.6 is 12.6 Å². The van der Waals surface area contributed by atoms with Gasteiger partial charge in [-0.1, -0.05) is 84.0 Å². The van der Waals surface area contributed by atoms with Crippen LogP contribution in [0.4, 0.5) is 0 Å². The predicted octanol–water partition coefficient (Wildman–Crippen LogP) is 5.57. The van der Waals surface area contributed by atoms with Crippen molar-refractivity contribution in [3.05, 3.63) is 0 Å². The minimum atomic E-state index is -0.0341. The molecule has 0 aromatic rings. The van der Waals surface area contributed by atoms with Crippen LogP contribution in [0.15, 0.2) is 0 Å². The number of carbonyl (C=O) groups is 1. The van der Waals surface area contributed by atoms with Gasteiger partial charge in [0.15, 0.2) is 0 Å². The molecule has 0 radical (unpaired) electrons. The molecule has 0 aliphatic heterocycles. The Morgan fingerprint density at radius 3 is 1.56 bits per heavy atom. The Balaban J connectivity index is 2.96. The number of hydrogen-bond acceptors (Lipinski definition) is 2. The van der Waals surface area contributed by atoms with Crippen LogP contribution in [-0.2, 0) is 4.79 Å². The molecule has 0 aliphatic carbocycles. The van der Waals surface area contributed by atoms with Gasteiger partial charge >= 0.3 is 0 Å². The van der Waals surface area contributed by atoms with Gasteiger partial charge in [0.1, 0.15) is 6.29 Å². The van der Waals surface area contributed by atoms with Gasteiger partial charge in [0.25, 0.3) is 0 Å². The summed E-state index contributed by atoms with van der Waals surface area (Å²) in [4.78, 5) is 10.4. The average molecular weight is 272 g/mol. The SMILES string of the molecule is CCCCCCCCCCCCCCC(S)C=O. The number of carbonyl (C=O) groups excluding carboxylic acids is 1. The molecule has 0 aromatic carbocycles. The molecular weight excluding hydrogens is 240 g/mol. The highest BCUT2D eigenvalue weighted by Gasteiger charge is 1.99. The minimum absolute atomic E-state index is 0.0341. The number of thiol groups is 1. The monoisotopic (exact) mass is 272 g/mol. The third-order valence-corrected chi connectivity index (χ3v) is 3.89. The lowest BCUT2D eigenvalue weighted by Crippen LogP contribution is -1.98. The fourth-order valence-corrected chi connectivity index (χ4v) is 2.45. The van der Waals surface area contributed by atoms with Crippen molar-refractivity contribution in [2.45, 2.75) is 95.6 Å². The number of hydrogen-bond donors (Lipinski definition) is 1. The third-order valence-electron chi connectivity index (χ3n) is 3.51. The van der Waals surface area contributed by atoms with E-state index in [1.54, 1.807) is 0 Å². The molecule has 0 saturated carbocycles. The average Bonchev–Trinajstić information content (AvgIpc) is 2.39. The molecular formula is C16H32OS. The Hall–Kier alpha value is 0.0200. The molecule has 0 N–H and O–H groups in total. The van der Waals surface area contributed by atoms with Gasteiger partial charge in [0.2, 0.25) is 0 Å². The first-order valence-electron chi connectivity index (χ1n) is 7.94. The zero-order chi connectivity index (χ0) is 13.5. The van der Waals surface area contributed by atoms with Gasteiger partial charge in [-0.15, -0.1) is 0 Å². The molecule has 18 heavy (non-hydrogen) atoms. The molecule has 0 spiro atoms. The lowest BCUT2D eigenvalue weighted by molar-refractivity contribution is -0.107. The quantitative estimate of drug-likeness (QED) is 0.248. The Kier molecular flexibility index (Phi) is 15.1. The normalized spacial score (nSPS) is 12.6. The number of unbranched alkanes of at least 4 members (excludes halogenated alkanes) is 11. The first kappa shape index (κ1) is 18.0. The highest BCUT2D eigenvalue weighted by Crippen LogP contribution is 2.13. The van der Waals surface area contributed by atoms with Crippen LogP contribution in [0, 0.1) is 0 Å². The maximum atomic E-state index is 10.4. The highest BCUT2D eigenvalue weighted by molar-refractivity contribution is 7.81. The van der Waals surface area contributed by atoms with Gasteiger partial charge in [-0.25, -0.2) is 0 Å². The molecule has 0 aliphatic rings. The molecule has 0 rings (SSSR count). The predicted molar refractivity (Wildman–Crippen MR) is 84.5 cm³/mol. The standard InChI is InChI=1S/C16H32OS/c1-2-3-4-5-6-7-8-9-10-11-12-13-14-16(18)15-17/h15-16,18H,2-14H2,1H3. The van der Waals surface area contributed by atoms with Gasteiger partial charge in [0, 0.05) is 0 Å². The second-order valence-electron chi connectivity index (χ2n) is 5.38. The maximum absolute atomic E-state index is 10.4. The van der Waals surface area contributed by atoms with E-state index in [2.05, 4.69) is 19.6 Å². The lowest BCUT2D eigenvalue weighted by atomic mass is 10.0. The molecule has 1 nitrogen and oxygen atoms in total. The summed E-state index contributed by atoms with van der Waals surface area (Å²) < 4.78 is 0. The number of rotatable bonds is 14. The Morgan fingerprint density at radius 1 is 0.778 bits per heavy atom. The summed E-state index contributed by atoms with van der Waals surface area (Å²) in [6, 6.07) is 0. The lowest BCUT2D eigenvalue weighted by Gasteiger charge is -2.04. The van der Waals surface area contributed by atoms with E-state index in [4.69, 9.17) is 0 Å². The molecule has 0 heterocycles. The van der Waals surface area contributed by atoms with E-state index in [9.17, 15) is 4.79 Å². The van der Waals surface area contributed by atoms with Crippen molar-refractivity contribution in [3.63, 3.8) is 0 Å². The van der Waals surface area contributed by atoms with E-state index in [0.29, 0.717) is 0 Å². The first-order valence-corrected chi connectivity index (χ1v) is 8.46. The highest BCUT2D eigenvalue weighted by atomic mass is 32.1. The van der Waals surface area contributed by atoms with Crippen molar-refractivity contribution in [1.82, 2.24) is 0 Å². The Bertz CT molecular complexity index is 170. The smallest absolute Gasteiger partial charge is 0.132 e. The maximum Gasteiger partial charge on any atom is 0.132 e. The van der Waals surface area contributed by atoms with E-state index in [-0.39, 0.29) is 5.25 Å². The Morgan fingerprint density at radius 2 is 1.17 bits per heavy atom. The van der Waals surface area contributed by atoms with Gasteiger partial charge < -0.3 is 4.79 Å². The third kappa shape index (κ3) is 14.1. The molecule has 0 fully saturated rings. The molecule has 0 aromatic heterocycles. The zero-order valence-electron chi connectivity index (χ0n) is 12.2. The van der Waals surface area contributed by atoms with Crippen LogP contribution in [0.5, 0.6) is 0 Å². The molecule has 0 bridgehead atoms. The molecule has 2 heteroatoms. The van der Waals surface area contributed by atoms with Gasteiger partial charge in [0.05, 0.1) is 5.25 Å². The van der Waals surface area contributed by atoms with E-state index in [1.165, 1.54) is 70.6 Å². The van der Waals surface area contributed by atoms with Gasteiger partial charge in [-0.2, -0.15) is 12.6 Å². The van der Waals surface area contributed by atoms with Gasteiger partial charge in [-0.05, 0) is 6.42 Å². The largest absolute Gasteiger partial charge is 0.302 e. The molecule has 0 amide bonds. The van der Waals surface area contributed by atoms with Crippen LogP contribution in [0.25, 0.3) is 0 Å². The molecule has 108 valence electrons. The summed E-state index contributed by atoms with van der Waals surface area (Å²) in [6.45, 7) is 2.27. The second-order valence-corrected chi connectivity index (χ2v) is 6.04. The fourth-order valence-electron chi connectivity index (χ4n) is 2.26. The summed E-state index contributed by atoms with van der Waals surface area (Å²) in [5.74, 6) is 0. The minimum Gasteiger partial charge on any atom is -0.302 e. The Labute approximate surface area is 120 Å². The molecule has 1 atom stereocenters. The van der Waals surface area contributed by atoms with Crippen LogP contribution in [-0.4, -0.2) is 11.5 Å². The second kappa shape index (κ2) is 15.1. The summed E-state index contributed by atoms with van der Waals surface area (Å²) in [5, 5.41) is -0.0341. The zero-order valence-corrected chi connectivity index (χ0v) is 13.1. The van der Waals surface area contributed by atoms with Crippen molar-refractivity contribution in [3.8, 4) is 0 Å². The van der Waals surface area contributed by atoms with Crippen molar-refractivity contribution in [1.29, 1.82) is 0 Å². The van der Waals surface area contributed by atoms with E-state index >= 15 is 0 Å². The van der Waals surface area contributed by atoms with Crippen molar-refractivity contribution >= 4 is 18.9 Å². The van der Waals surface area contributed by atoms with Crippen molar-refractivity contribution in [2.75, 3.05) is 0 Å². The summed E-state index contributed by atoms with van der Waals surface area (Å²) in [5.41, 5.74) is 0. The van der Waals surface area contributed by atoms with E-state index in [0.717, 1.165) is 19.1 Å².